The van der Waals surface area contributed by atoms with Crippen LogP contribution in [-0.2, 0) is 0 Å². The van der Waals surface area contributed by atoms with E-state index in [1.54, 1.807) is 0 Å². The number of benzene rings is 1. The molecule has 1 aromatic carbocycles. The lowest BCUT2D eigenvalue weighted by atomic mass is 9.97. The van der Waals surface area contributed by atoms with Gasteiger partial charge in [0.2, 0.25) is 0 Å². The molecule has 2 N–H and O–H groups in total. The van der Waals surface area contributed by atoms with Crippen molar-refractivity contribution >= 4 is 0 Å². The fourth-order valence-corrected chi connectivity index (χ4v) is 4.46. The minimum atomic E-state index is 0.237. The number of piperidine rings is 1. The first-order valence-electron chi connectivity index (χ1n) is 8.15. The molecule has 0 aromatic heterocycles. The van der Waals surface area contributed by atoms with E-state index in [9.17, 15) is 0 Å². The van der Waals surface area contributed by atoms with Crippen LogP contribution in [0.25, 0.3) is 0 Å². The van der Waals surface area contributed by atoms with E-state index in [0.717, 1.165) is 12.5 Å². The van der Waals surface area contributed by atoms with E-state index in [1.807, 2.05) is 0 Å². The Bertz CT molecular complexity index is 487. The predicted molar refractivity (Wildman–Crippen MR) is 81.5 cm³/mol. The van der Waals surface area contributed by atoms with Gasteiger partial charge in [-0.1, -0.05) is 30.7 Å². The maximum atomic E-state index is 6.34. The summed E-state index contributed by atoms with van der Waals surface area (Å²) in [4.78, 5) is 5.42. The first-order chi connectivity index (χ1) is 9.83. The first-order valence-corrected chi connectivity index (χ1v) is 8.15. The van der Waals surface area contributed by atoms with Gasteiger partial charge in [0.15, 0.2) is 0 Å². The maximum absolute atomic E-state index is 6.34. The third kappa shape index (κ3) is 2.09. The molecular weight excluding hydrogens is 246 g/mol. The van der Waals surface area contributed by atoms with Crippen molar-refractivity contribution in [3.05, 3.63) is 35.4 Å². The van der Waals surface area contributed by atoms with Crippen molar-refractivity contribution in [2.24, 2.45) is 5.73 Å². The molecule has 3 unspecified atom stereocenters. The van der Waals surface area contributed by atoms with Crippen molar-refractivity contribution in [2.45, 2.75) is 43.8 Å². The van der Waals surface area contributed by atoms with Crippen molar-refractivity contribution in [1.29, 1.82) is 0 Å². The lowest BCUT2D eigenvalue weighted by molar-refractivity contribution is 0.0261. The minimum absolute atomic E-state index is 0.237. The molecule has 2 saturated heterocycles. The average Bonchev–Trinajstić information content (AvgIpc) is 2.85. The van der Waals surface area contributed by atoms with Crippen LogP contribution >= 0.6 is 0 Å². The van der Waals surface area contributed by atoms with Crippen LogP contribution < -0.4 is 5.73 Å². The Labute approximate surface area is 121 Å². The molecule has 3 nitrogen and oxygen atoms in total. The van der Waals surface area contributed by atoms with Crippen molar-refractivity contribution in [3.63, 3.8) is 0 Å². The highest BCUT2D eigenvalue weighted by atomic mass is 15.3. The second-order valence-electron chi connectivity index (χ2n) is 6.67. The number of piperazine rings is 1. The molecule has 3 heteroatoms. The molecule has 0 radical (unpaired) electrons. The minimum Gasteiger partial charge on any atom is -0.324 e. The quantitative estimate of drug-likeness (QED) is 0.850. The van der Waals surface area contributed by atoms with E-state index >= 15 is 0 Å². The number of rotatable bonds is 1. The Morgan fingerprint density at radius 1 is 0.950 bits per heavy atom. The van der Waals surface area contributed by atoms with Crippen molar-refractivity contribution in [3.8, 4) is 0 Å². The second kappa shape index (κ2) is 5.14. The molecule has 0 amide bonds. The van der Waals surface area contributed by atoms with Crippen LogP contribution in [0.5, 0.6) is 0 Å². The van der Waals surface area contributed by atoms with Crippen molar-refractivity contribution in [1.82, 2.24) is 9.80 Å². The summed E-state index contributed by atoms with van der Waals surface area (Å²) >= 11 is 0. The Morgan fingerprint density at radius 2 is 1.75 bits per heavy atom. The van der Waals surface area contributed by atoms with Gasteiger partial charge in [-0.15, -0.1) is 0 Å². The first kappa shape index (κ1) is 12.8. The molecule has 4 rings (SSSR count). The summed E-state index contributed by atoms with van der Waals surface area (Å²) in [6.45, 7) is 5.02. The molecular formula is C17H25N3. The molecule has 20 heavy (non-hydrogen) atoms. The summed E-state index contributed by atoms with van der Waals surface area (Å²) in [5.41, 5.74) is 9.21. The third-order valence-corrected chi connectivity index (χ3v) is 5.54. The monoisotopic (exact) mass is 271 g/mol. The molecule has 0 saturated carbocycles. The summed E-state index contributed by atoms with van der Waals surface area (Å²) in [7, 11) is 0. The Kier molecular flexibility index (Phi) is 3.29. The lowest BCUT2D eigenvalue weighted by Gasteiger charge is -2.46. The Hall–Kier alpha value is -0.900. The van der Waals surface area contributed by atoms with Crippen LogP contribution in [0, 0.1) is 0 Å². The number of fused-ring (bicyclic) bond motifs is 2. The summed E-state index contributed by atoms with van der Waals surface area (Å²) in [5, 5.41) is 0. The van der Waals surface area contributed by atoms with E-state index < -0.39 is 0 Å². The van der Waals surface area contributed by atoms with Gasteiger partial charge in [-0.2, -0.15) is 0 Å². The fourth-order valence-electron chi connectivity index (χ4n) is 4.46. The Balaban J connectivity index is 1.54. The maximum Gasteiger partial charge on any atom is 0.0370 e. The van der Waals surface area contributed by atoms with Gasteiger partial charge >= 0.3 is 0 Å². The summed E-state index contributed by atoms with van der Waals surface area (Å²) < 4.78 is 0. The molecule has 1 aliphatic carbocycles. The molecule has 0 bridgehead atoms. The predicted octanol–water partition coefficient (Wildman–Crippen LogP) is 2.30. The van der Waals surface area contributed by atoms with Crippen LogP contribution in [-0.4, -0.2) is 42.0 Å². The largest absolute Gasteiger partial charge is 0.324 e. The van der Waals surface area contributed by atoms with Crippen molar-refractivity contribution in [2.75, 3.05) is 26.2 Å². The van der Waals surface area contributed by atoms with E-state index in [4.69, 9.17) is 5.73 Å². The lowest BCUT2D eigenvalue weighted by Crippen LogP contribution is -2.55. The van der Waals surface area contributed by atoms with Crippen LogP contribution in [0.2, 0.25) is 0 Å². The van der Waals surface area contributed by atoms with Gasteiger partial charge in [-0.25, -0.2) is 0 Å². The SMILES string of the molecule is NC1CC(N2CCN3CCCCC3C2)c2ccccc21. The van der Waals surface area contributed by atoms with Crippen LogP contribution in [0.1, 0.15) is 48.9 Å². The molecule has 2 aliphatic heterocycles. The number of nitrogens with two attached hydrogens (primary N) is 1. The van der Waals surface area contributed by atoms with Crippen molar-refractivity contribution < 1.29 is 0 Å². The molecule has 108 valence electrons. The van der Waals surface area contributed by atoms with Gasteiger partial charge < -0.3 is 5.73 Å². The van der Waals surface area contributed by atoms with Gasteiger partial charge in [0.25, 0.3) is 0 Å². The molecule has 0 spiro atoms. The molecule has 3 aliphatic rings. The zero-order chi connectivity index (χ0) is 13.5. The molecule has 2 fully saturated rings. The Morgan fingerprint density at radius 3 is 2.65 bits per heavy atom. The number of nitrogens with zero attached hydrogens (tertiary/aromatic N) is 2. The van der Waals surface area contributed by atoms with E-state index in [-0.39, 0.29) is 6.04 Å². The number of hydrogen-bond acceptors (Lipinski definition) is 3. The summed E-state index contributed by atoms with van der Waals surface area (Å²) in [6, 6.07) is 10.4. The molecule has 1 aromatic rings. The standard InChI is InChI=1S/C17H25N3/c18-16-11-17(15-7-2-1-6-14(15)16)20-10-9-19-8-4-3-5-13(19)12-20/h1-2,6-7,13,16-17H,3-5,8-12,18H2. The normalized spacial score (nSPS) is 34.8. The summed E-state index contributed by atoms with van der Waals surface area (Å²) in [6.07, 6.45) is 5.30. The molecule has 2 heterocycles. The highest BCUT2D eigenvalue weighted by Gasteiger charge is 2.37. The highest BCUT2D eigenvalue weighted by Crippen LogP contribution is 2.41. The van der Waals surface area contributed by atoms with E-state index in [1.165, 1.54) is 56.6 Å². The fraction of sp³-hybridized carbons (Fsp3) is 0.647. The second-order valence-corrected chi connectivity index (χ2v) is 6.67. The smallest absolute Gasteiger partial charge is 0.0370 e. The van der Waals surface area contributed by atoms with Crippen LogP contribution in [0.15, 0.2) is 24.3 Å². The average molecular weight is 271 g/mol. The molecule has 3 atom stereocenters. The van der Waals surface area contributed by atoms with Crippen LogP contribution in [0.4, 0.5) is 0 Å². The summed E-state index contributed by atoms with van der Waals surface area (Å²) in [5.74, 6) is 0. The van der Waals surface area contributed by atoms with Gasteiger partial charge in [-0.05, 0) is 36.9 Å². The zero-order valence-corrected chi connectivity index (χ0v) is 12.2. The topological polar surface area (TPSA) is 32.5 Å². The van der Waals surface area contributed by atoms with E-state index in [0.29, 0.717) is 6.04 Å². The zero-order valence-electron chi connectivity index (χ0n) is 12.2. The van der Waals surface area contributed by atoms with Gasteiger partial charge in [-0.3, -0.25) is 9.80 Å². The van der Waals surface area contributed by atoms with Gasteiger partial charge in [0, 0.05) is 37.8 Å². The van der Waals surface area contributed by atoms with E-state index in [2.05, 4.69) is 34.1 Å². The van der Waals surface area contributed by atoms with Crippen LogP contribution in [0.3, 0.4) is 0 Å². The van der Waals surface area contributed by atoms with Gasteiger partial charge in [0.1, 0.15) is 0 Å². The number of hydrogen-bond donors (Lipinski definition) is 1. The van der Waals surface area contributed by atoms with Gasteiger partial charge in [0.05, 0.1) is 0 Å². The third-order valence-electron chi connectivity index (χ3n) is 5.54. The highest BCUT2D eigenvalue weighted by molar-refractivity contribution is 5.37.